The van der Waals surface area contributed by atoms with E-state index in [1.165, 1.54) is 4.90 Å². The first kappa shape index (κ1) is 21.3. The molecule has 1 fully saturated rings. The molecule has 2 aromatic heterocycles. The van der Waals surface area contributed by atoms with Crippen LogP contribution in [0.3, 0.4) is 0 Å². The van der Waals surface area contributed by atoms with Crippen LogP contribution in [0.5, 0.6) is 0 Å². The highest BCUT2D eigenvalue weighted by atomic mass is 16.5. The van der Waals surface area contributed by atoms with Crippen LogP contribution in [0.15, 0.2) is 4.52 Å². The molecule has 2 aliphatic rings. The van der Waals surface area contributed by atoms with Crippen molar-refractivity contribution in [2.24, 2.45) is 0 Å². The van der Waals surface area contributed by atoms with Crippen LogP contribution in [0.1, 0.15) is 41.2 Å². The summed E-state index contributed by atoms with van der Waals surface area (Å²) in [5, 5.41) is 15.3. The Hall–Kier alpha value is -2.95. The zero-order chi connectivity index (χ0) is 22.2. The quantitative estimate of drug-likeness (QED) is 0.760. The van der Waals surface area contributed by atoms with Crippen LogP contribution in [0, 0.1) is 13.8 Å². The Morgan fingerprint density at radius 2 is 2.06 bits per heavy atom. The number of urea groups is 1. The fourth-order valence-electron chi connectivity index (χ4n) is 4.22. The molecule has 2 aliphatic heterocycles. The second-order valence-corrected chi connectivity index (χ2v) is 8.56. The molecule has 0 bridgehead atoms. The lowest BCUT2D eigenvalue weighted by Crippen LogP contribution is -2.56. The molecular formula is C20H29N7O4. The minimum Gasteiger partial charge on any atom is -0.365 e. The second kappa shape index (κ2) is 8.29. The Morgan fingerprint density at radius 3 is 2.77 bits per heavy atom. The Morgan fingerprint density at radius 1 is 1.26 bits per heavy atom. The number of piperidine rings is 1. The average molecular weight is 431 g/mol. The first-order valence-electron chi connectivity index (χ1n) is 10.5. The van der Waals surface area contributed by atoms with Crippen molar-refractivity contribution in [3.05, 3.63) is 28.4 Å². The summed E-state index contributed by atoms with van der Waals surface area (Å²) in [7, 11) is 3.37. The molecule has 0 saturated carbocycles. The number of nitrogens with one attached hydrogen (secondary N) is 1. The summed E-state index contributed by atoms with van der Waals surface area (Å²) in [6.45, 7) is 6.09. The summed E-state index contributed by atoms with van der Waals surface area (Å²) in [4.78, 5) is 28.1. The van der Waals surface area contributed by atoms with Gasteiger partial charge in [0.15, 0.2) is 0 Å². The van der Waals surface area contributed by atoms with Crippen molar-refractivity contribution in [1.29, 1.82) is 0 Å². The maximum absolute atomic E-state index is 13.0. The summed E-state index contributed by atoms with van der Waals surface area (Å²) in [6.07, 6.45) is 2.00. The van der Waals surface area contributed by atoms with Gasteiger partial charge in [0.25, 0.3) is 0 Å². The number of carbonyl (C=O) groups excluding carboxylic acids is 2. The molecule has 4 heterocycles. The van der Waals surface area contributed by atoms with Gasteiger partial charge in [-0.2, -0.15) is 0 Å². The van der Waals surface area contributed by atoms with Crippen molar-refractivity contribution in [2.75, 3.05) is 27.2 Å². The van der Waals surface area contributed by atoms with E-state index in [2.05, 4.69) is 20.8 Å². The van der Waals surface area contributed by atoms with Gasteiger partial charge in [0.05, 0.1) is 44.0 Å². The average Bonchev–Trinajstić information content (AvgIpc) is 3.29. The molecule has 11 nitrogen and oxygen atoms in total. The third-order valence-corrected chi connectivity index (χ3v) is 6.09. The van der Waals surface area contributed by atoms with E-state index in [-0.39, 0.29) is 18.4 Å². The summed E-state index contributed by atoms with van der Waals surface area (Å²) in [6, 6.07) is -0.185. The molecular weight excluding hydrogens is 402 g/mol. The largest absolute Gasteiger partial charge is 0.365 e. The van der Waals surface area contributed by atoms with E-state index in [0.29, 0.717) is 44.2 Å². The monoisotopic (exact) mass is 431 g/mol. The summed E-state index contributed by atoms with van der Waals surface area (Å²) in [5.74, 6) is 0.737. The molecule has 1 atom stereocenters. The first-order chi connectivity index (χ1) is 14.8. The van der Waals surface area contributed by atoms with E-state index in [0.717, 1.165) is 29.8 Å². The maximum atomic E-state index is 13.0. The summed E-state index contributed by atoms with van der Waals surface area (Å²) < 4.78 is 13.3. The molecule has 0 aromatic carbocycles. The lowest BCUT2D eigenvalue weighted by Gasteiger charge is -2.44. The number of likely N-dealkylation sites (tertiary alicyclic amines) is 1. The highest BCUT2D eigenvalue weighted by Crippen LogP contribution is 2.32. The molecule has 1 saturated heterocycles. The summed E-state index contributed by atoms with van der Waals surface area (Å²) in [5.41, 5.74) is 2.71. The molecule has 0 radical (unpaired) electrons. The molecule has 168 valence electrons. The third kappa shape index (κ3) is 4.27. The third-order valence-electron chi connectivity index (χ3n) is 6.09. The molecule has 4 rings (SSSR count). The van der Waals surface area contributed by atoms with Gasteiger partial charge in [-0.3, -0.25) is 4.79 Å². The SMILES string of the molecule is Cc1noc(C)c1CC(=O)N1CCCC2(C1)Cn1nnc(CNC(=O)N(C)C)c1CO2. The number of ether oxygens (including phenoxy) is 1. The zero-order valence-electron chi connectivity index (χ0n) is 18.5. The molecule has 1 unspecified atom stereocenters. The Kier molecular flexibility index (Phi) is 5.69. The Bertz CT molecular complexity index is 963. The van der Waals surface area contributed by atoms with Crippen LogP contribution < -0.4 is 5.32 Å². The number of aryl methyl sites for hydroxylation is 2. The molecule has 3 amide bonds. The van der Waals surface area contributed by atoms with Gasteiger partial charge < -0.3 is 24.4 Å². The Balaban J connectivity index is 1.42. The van der Waals surface area contributed by atoms with Crippen LogP contribution in [-0.2, 0) is 35.6 Å². The number of carbonyl (C=O) groups is 2. The van der Waals surface area contributed by atoms with E-state index in [4.69, 9.17) is 9.26 Å². The first-order valence-corrected chi connectivity index (χ1v) is 10.5. The number of amides is 3. The molecule has 11 heteroatoms. The fourth-order valence-corrected chi connectivity index (χ4v) is 4.22. The van der Waals surface area contributed by atoms with E-state index in [1.807, 2.05) is 23.4 Å². The van der Waals surface area contributed by atoms with Gasteiger partial charge in [-0.25, -0.2) is 9.48 Å². The predicted molar refractivity (Wildman–Crippen MR) is 109 cm³/mol. The molecule has 1 N–H and O–H groups in total. The van der Waals surface area contributed by atoms with Crippen molar-refractivity contribution < 1.29 is 18.8 Å². The van der Waals surface area contributed by atoms with Gasteiger partial charge in [0.1, 0.15) is 17.1 Å². The van der Waals surface area contributed by atoms with E-state index < -0.39 is 5.60 Å². The standard InChI is InChI=1S/C20H29N7O4/c1-13-15(14(2)31-23-13)8-18(28)26-7-5-6-20(11-26)12-27-17(10-30-20)16(22-24-27)9-21-19(29)25(3)4/h5-12H2,1-4H3,(H,21,29). The number of rotatable bonds is 4. The molecule has 0 aliphatic carbocycles. The van der Waals surface area contributed by atoms with Gasteiger partial charge >= 0.3 is 6.03 Å². The van der Waals surface area contributed by atoms with Gasteiger partial charge in [0.2, 0.25) is 5.91 Å². The smallest absolute Gasteiger partial charge is 0.317 e. The number of aromatic nitrogens is 4. The van der Waals surface area contributed by atoms with E-state index >= 15 is 0 Å². The number of nitrogens with zero attached hydrogens (tertiary/aromatic N) is 6. The van der Waals surface area contributed by atoms with Crippen LogP contribution in [0.25, 0.3) is 0 Å². The van der Waals surface area contributed by atoms with Crippen LogP contribution in [0.2, 0.25) is 0 Å². The lowest BCUT2D eigenvalue weighted by molar-refractivity contribution is -0.152. The molecule has 31 heavy (non-hydrogen) atoms. The van der Waals surface area contributed by atoms with Gasteiger partial charge in [-0.15, -0.1) is 5.10 Å². The van der Waals surface area contributed by atoms with Gasteiger partial charge in [0, 0.05) is 26.2 Å². The minimum atomic E-state index is -0.475. The van der Waals surface area contributed by atoms with Gasteiger partial charge in [-0.05, 0) is 26.7 Å². The van der Waals surface area contributed by atoms with Crippen molar-refractivity contribution in [2.45, 2.75) is 58.4 Å². The highest BCUT2D eigenvalue weighted by Gasteiger charge is 2.42. The van der Waals surface area contributed by atoms with Crippen molar-refractivity contribution in [1.82, 2.24) is 35.3 Å². The normalized spacial score (nSPS) is 20.6. The van der Waals surface area contributed by atoms with Crippen LogP contribution >= 0.6 is 0 Å². The molecule has 2 aromatic rings. The van der Waals surface area contributed by atoms with Gasteiger partial charge in [-0.1, -0.05) is 10.4 Å². The predicted octanol–water partition coefficient (Wildman–Crippen LogP) is 0.788. The summed E-state index contributed by atoms with van der Waals surface area (Å²) >= 11 is 0. The number of hydrogen-bond donors (Lipinski definition) is 1. The topological polar surface area (TPSA) is 119 Å². The van der Waals surface area contributed by atoms with Crippen molar-refractivity contribution in [3.63, 3.8) is 0 Å². The van der Waals surface area contributed by atoms with Crippen LogP contribution in [0.4, 0.5) is 4.79 Å². The van der Waals surface area contributed by atoms with Crippen molar-refractivity contribution >= 4 is 11.9 Å². The number of fused-ring (bicyclic) bond motifs is 1. The maximum Gasteiger partial charge on any atom is 0.317 e. The number of hydrogen-bond acceptors (Lipinski definition) is 7. The zero-order valence-corrected chi connectivity index (χ0v) is 18.5. The van der Waals surface area contributed by atoms with Crippen molar-refractivity contribution in [3.8, 4) is 0 Å². The second-order valence-electron chi connectivity index (χ2n) is 8.56. The molecule has 1 spiro atoms. The van der Waals surface area contributed by atoms with E-state index in [9.17, 15) is 9.59 Å². The van der Waals surface area contributed by atoms with Crippen LogP contribution in [-0.4, -0.2) is 74.7 Å². The lowest BCUT2D eigenvalue weighted by atomic mass is 9.90. The fraction of sp³-hybridized carbons (Fsp3) is 0.650. The Labute approximate surface area is 180 Å². The highest BCUT2D eigenvalue weighted by molar-refractivity contribution is 5.79. The minimum absolute atomic E-state index is 0.0496. The van der Waals surface area contributed by atoms with E-state index in [1.54, 1.807) is 14.1 Å².